The van der Waals surface area contributed by atoms with Crippen LogP contribution in [0.25, 0.3) is 10.9 Å². The quantitative estimate of drug-likeness (QED) is 0.516. The van der Waals surface area contributed by atoms with Crippen LogP contribution in [0, 0.1) is 17.0 Å². The Morgan fingerprint density at radius 3 is 2.70 bits per heavy atom. The molecule has 118 valence electrons. The summed E-state index contributed by atoms with van der Waals surface area (Å²) in [6, 6.07) is 13.7. The number of hydrogen-bond acceptors (Lipinski definition) is 4. The van der Waals surface area contributed by atoms with Crippen molar-refractivity contribution < 1.29 is 4.92 Å². The molecule has 0 aliphatic rings. The van der Waals surface area contributed by atoms with E-state index >= 15 is 0 Å². The van der Waals surface area contributed by atoms with Gasteiger partial charge in [-0.05, 0) is 37.3 Å². The number of nitro groups is 1. The molecular weight excluding hydrogens is 337 g/mol. The number of aryl methyl sites for hydroxylation is 1. The summed E-state index contributed by atoms with van der Waals surface area (Å²) >= 11 is 6.06. The number of benzene rings is 2. The number of nitrogens with zero attached hydrogens (tertiary/aromatic N) is 2. The lowest BCUT2D eigenvalue weighted by molar-refractivity contribution is -0.384. The predicted molar refractivity (Wildman–Crippen MR) is 95.1 cm³/mol. The average molecular weight is 350 g/mol. The van der Waals surface area contributed by atoms with Crippen LogP contribution in [0.4, 0.5) is 17.1 Å². The van der Waals surface area contributed by atoms with Gasteiger partial charge in [-0.25, -0.2) is 0 Å². The summed E-state index contributed by atoms with van der Waals surface area (Å²) in [6.45, 7) is 1.90. The molecule has 0 amide bonds. The average Bonchev–Trinajstić information content (AvgIpc) is 2.48. The fourth-order valence-corrected chi connectivity index (χ4v) is 2.46. The van der Waals surface area contributed by atoms with Crippen LogP contribution in [0.3, 0.4) is 0 Å². The van der Waals surface area contributed by atoms with Crippen molar-refractivity contribution in [3.63, 3.8) is 0 Å². The van der Waals surface area contributed by atoms with Crippen LogP contribution in [-0.2, 0) is 0 Å². The van der Waals surface area contributed by atoms with Crippen LogP contribution in [-0.4, -0.2) is 9.91 Å². The molecule has 7 heteroatoms. The van der Waals surface area contributed by atoms with Gasteiger partial charge in [-0.2, -0.15) is 0 Å². The number of pyridine rings is 1. The van der Waals surface area contributed by atoms with Gasteiger partial charge in [0, 0.05) is 39.6 Å². The summed E-state index contributed by atoms with van der Waals surface area (Å²) in [4.78, 5) is 14.9. The van der Waals surface area contributed by atoms with Crippen molar-refractivity contribution in [2.75, 3.05) is 5.32 Å². The van der Waals surface area contributed by atoms with E-state index in [-0.39, 0.29) is 18.1 Å². The molecule has 0 unspecified atom stereocenters. The molecule has 0 atom stereocenters. The Labute approximate surface area is 143 Å². The maximum absolute atomic E-state index is 10.9. The van der Waals surface area contributed by atoms with Crippen molar-refractivity contribution in [1.29, 1.82) is 0 Å². The summed E-state index contributed by atoms with van der Waals surface area (Å²) in [5.74, 6) is 0. The van der Waals surface area contributed by atoms with E-state index in [2.05, 4.69) is 10.3 Å². The Bertz CT molecular complexity index is 884. The molecule has 23 heavy (non-hydrogen) atoms. The van der Waals surface area contributed by atoms with Crippen LogP contribution in [0.2, 0.25) is 5.02 Å². The number of anilines is 2. The third-order valence-electron chi connectivity index (χ3n) is 3.23. The number of hydrogen-bond donors (Lipinski definition) is 1. The van der Waals surface area contributed by atoms with Crippen LogP contribution in [0.15, 0.2) is 48.5 Å². The Morgan fingerprint density at radius 1 is 1.17 bits per heavy atom. The molecule has 0 aliphatic carbocycles. The Morgan fingerprint density at radius 2 is 1.96 bits per heavy atom. The highest BCUT2D eigenvalue weighted by atomic mass is 35.5. The maximum atomic E-state index is 10.9. The molecule has 0 fully saturated rings. The SMILES string of the molecule is Cc1cc(Nc2cccc([N+](=O)[O-])c2)c2cc(Cl)ccc2n1.Cl. The molecule has 1 aromatic heterocycles. The van der Waals surface area contributed by atoms with E-state index in [4.69, 9.17) is 11.6 Å². The lowest BCUT2D eigenvalue weighted by Crippen LogP contribution is -1.96. The standard InChI is InChI=1S/C16H12ClN3O2.ClH/c1-10-7-16(14-8-11(17)5-6-15(14)18-10)19-12-3-2-4-13(9-12)20(21)22;/h2-9H,1H3,(H,18,19);1H. The second-order valence-corrected chi connectivity index (χ2v) is 5.34. The third kappa shape index (κ3) is 3.70. The van der Waals surface area contributed by atoms with Gasteiger partial charge >= 0.3 is 0 Å². The zero-order chi connectivity index (χ0) is 15.7. The highest BCUT2D eigenvalue weighted by molar-refractivity contribution is 6.31. The first kappa shape index (κ1) is 17.0. The smallest absolute Gasteiger partial charge is 0.271 e. The van der Waals surface area contributed by atoms with Gasteiger partial charge in [-0.1, -0.05) is 17.7 Å². The zero-order valence-electron chi connectivity index (χ0n) is 12.1. The highest BCUT2D eigenvalue weighted by Crippen LogP contribution is 2.29. The molecule has 0 bridgehead atoms. The topological polar surface area (TPSA) is 68.1 Å². The van der Waals surface area contributed by atoms with Crippen LogP contribution in [0.5, 0.6) is 0 Å². The second-order valence-electron chi connectivity index (χ2n) is 4.91. The number of aromatic nitrogens is 1. The lowest BCUT2D eigenvalue weighted by Gasteiger charge is -2.11. The van der Waals surface area contributed by atoms with Gasteiger partial charge in [0.1, 0.15) is 0 Å². The number of nitro benzene ring substituents is 1. The van der Waals surface area contributed by atoms with E-state index < -0.39 is 4.92 Å². The fraction of sp³-hybridized carbons (Fsp3) is 0.0625. The first-order chi connectivity index (χ1) is 10.5. The minimum Gasteiger partial charge on any atom is -0.355 e. The van der Waals surface area contributed by atoms with Crippen LogP contribution in [0.1, 0.15) is 5.69 Å². The number of nitrogens with one attached hydrogen (secondary N) is 1. The van der Waals surface area contributed by atoms with Crippen molar-refractivity contribution in [1.82, 2.24) is 4.98 Å². The Kier molecular flexibility index (Phi) is 5.03. The Hall–Kier alpha value is -2.37. The molecule has 3 aromatic rings. The molecule has 2 aromatic carbocycles. The van der Waals surface area contributed by atoms with E-state index in [0.717, 1.165) is 22.3 Å². The fourth-order valence-electron chi connectivity index (χ4n) is 2.29. The molecule has 0 aliphatic heterocycles. The molecule has 0 spiro atoms. The molecule has 0 saturated carbocycles. The van der Waals surface area contributed by atoms with E-state index in [1.807, 2.05) is 25.1 Å². The van der Waals surface area contributed by atoms with Crippen molar-refractivity contribution in [3.8, 4) is 0 Å². The summed E-state index contributed by atoms with van der Waals surface area (Å²) < 4.78 is 0. The van der Waals surface area contributed by atoms with Crippen LogP contribution >= 0.6 is 24.0 Å². The summed E-state index contributed by atoms with van der Waals surface area (Å²) in [6.07, 6.45) is 0. The molecular formula is C16H13Cl2N3O2. The van der Waals surface area contributed by atoms with E-state index in [1.54, 1.807) is 18.2 Å². The van der Waals surface area contributed by atoms with Gasteiger partial charge in [0.2, 0.25) is 0 Å². The monoisotopic (exact) mass is 349 g/mol. The number of rotatable bonds is 3. The number of fused-ring (bicyclic) bond motifs is 1. The van der Waals surface area contributed by atoms with E-state index in [9.17, 15) is 10.1 Å². The van der Waals surface area contributed by atoms with Gasteiger partial charge < -0.3 is 5.32 Å². The predicted octanol–water partition coefficient (Wildman–Crippen LogP) is 5.27. The molecule has 1 N–H and O–H groups in total. The van der Waals surface area contributed by atoms with Crippen molar-refractivity contribution >= 4 is 52.0 Å². The van der Waals surface area contributed by atoms with Gasteiger partial charge in [0.25, 0.3) is 5.69 Å². The third-order valence-corrected chi connectivity index (χ3v) is 3.47. The van der Waals surface area contributed by atoms with Crippen LogP contribution < -0.4 is 5.32 Å². The second kappa shape index (κ2) is 6.81. The molecule has 0 saturated heterocycles. The summed E-state index contributed by atoms with van der Waals surface area (Å²) in [7, 11) is 0. The van der Waals surface area contributed by atoms with E-state index in [1.165, 1.54) is 12.1 Å². The van der Waals surface area contributed by atoms with Gasteiger partial charge in [0.15, 0.2) is 0 Å². The number of non-ortho nitro benzene ring substituents is 1. The largest absolute Gasteiger partial charge is 0.355 e. The molecule has 5 nitrogen and oxygen atoms in total. The zero-order valence-corrected chi connectivity index (χ0v) is 13.7. The molecule has 0 radical (unpaired) electrons. The van der Waals surface area contributed by atoms with Gasteiger partial charge in [0.05, 0.1) is 10.4 Å². The number of halogens is 2. The Balaban J connectivity index is 0.00000192. The molecule has 1 heterocycles. The highest BCUT2D eigenvalue weighted by Gasteiger charge is 2.09. The summed E-state index contributed by atoms with van der Waals surface area (Å²) in [5, 5.41) is 15.6. The lowest BCUT2D eigenvalue weighted by atomic mass is 10.1. The normalized spacial score (nSPS) is 10.2. The van der Waals surface area contributed by atoms with E-state index in [0.29, 0.717) is 10.7 Å². The van der Waals surface area contributed by atoms with Crippen molar-refractivity contribution in [3.05, 3.63) is 69.4 Å². The molecule has 3 rings (SSSR count). The maximum Gasteiger partial charge on any atom is 0.271 e. The minimum absolute atomic E-state index is 0. The van der Waals surface area contributed by atoms with Crippen molar-refractivity contribution in [2.24, 2.45) is 0 Å². The first-order valence-electron chi connectivity index (χ1n) is 6.61. The van der Waals surface area contributed by atoms with Gasteiger partial charge in [-0.15, -0.1) is 12.4 Å². The van der Waals surface area contributed by atoms with Crippen molar-refractivity contribution in [2.45, 2.75) is 6.92 Å². The first-order valence-corrected chi connectivity index (χ1v) is 6.99. The summed E-state index contributed by atoms with van der Waals surface area (Å²) in [5.41, 5.74) is 3.16. The van der Waals surface area contributed by atoms with Gasteiger partial charge in [-0.3, -0.25) is 15.1 Å². The minimum atomic E-state index is -0.419.